The second-order valence-electron chi connectivity index (χ2n) is 4.45. The maximum Gasteiger partial charge on any atom is 0.0724 e. The van der Waals surface area contributed by atoms with Crippen LogP contribution in [0.15, 0.2) is 24.3 Å². The highest BCUT2D eigenvalue weighted by molar-refractivity contribution is 5.48. The minimum absolute atomic E-state index is 0.579. The predicted octanol–water partition coefficient (Wildman–Crippen LogP) is 1.97. The van der Waals surface area contributed by atoms with Gasteiger partial charge in [-0.2, -0.15) is 0 Å². The maximum absolute atomic E-state index is 5.11. The molecule has 2 rings (SSSR count). The highest BCUT2D eigenvalue weighted by Gasteiger charge is 2.22. The van der Waals surface area contributed by atoms with Crippen molar-refractivity contribution in [1.82, 2.24) is 0 Å². The highest BCUT2D eigenvalue weighted by Crippen LogP contribution is 2.24. The number of aryl methyl sites for hydroxylation is 1. The molecule has 1 atom stereocenters. The summed E-state index contributed by atoms with van der Waals surface area (Å²) >= 11 is 0. The molecule has 0 aromatic heterocycles. The highest BCUT2D eigenvalue weighted by atomic mass is 16.6. The van der Waals surface area contributed by atoms with Crippen molar-refractivity contribution in [2.24, 2.45) is 11.8 Å². The van der Waals surface area contributed by atoms with Gasteiger partial charge in [0.1, 0.15) is 0 Å². The first-order chi connectivity index (χ1) is 7.83. The van der Waals surface area contributed by atoms with Crippen LogP contribution in [-0.2, 0) is 11.3 Å². The first kappa shape index (κ1) is 11.4. The summed E-state index contributed by atoms with van der Waals surface area (Å²) in [7, 11) is 0. The van der Waals surface area contributed by atoms with Crippen LogP contribution in [0.3, 0.4) is 0 Å². The summed E-state index contributed by atoms with van der Waals surface area (Å²) in [5, 5.41) is 0. The molecule has 3 heteroatoms. The van der Waals surface area contributed by atoms with Crippen LogP contribution in [-0.4, -0.2) is 19.7 Å². The van der Waals surface area contributed by atoms with Crippen molar-refractivity contribution in [1.29, 1.82) is 0 Å². The fraction of sp³-hybridized carbons (Fsp3) is 0.538. The summed E-state index contributed by atoms with van der Waals surface area (Å²) in [5.41, 5.74) is 2.71. The third-order valence-corrected chi connectivity index (χ3v) is 3.33. The first-order valence-corrected chi connectivity index (χ1v) is 5.99. The van der Waals surface area contributed by atoms with E-state index in [0.29, 0.717) is 12.5 Å². The topological polar surface area (TPSA) is 38.5 Å². The average molecular weight is 220 g/mol. The summed E-state index contributed by atoms with van der Waals surface area (Å²) in [5.74, 6) is 5.69. The minimum atomic E-state index is 0.579. The summed E-state index contributed by atoms with van der Waals surface area (Å²) in [6.45, 7) is 5.02. The van der Waals surface area contributed by atoms with Crippen molar-refractivity contribution >= 4 is 5.69 Å². The van der Waals surface area contributed by atoms with Crippen LogP contribution in [0.25, 0.3) is 0 Å². The van der Waals surface area contributed by atoms with Crippen molar-refractivity contribution in [3.63, 3.8) is 0 Å². The van der Waals surface area contributed by atoms with E-state index < -0.39 is 0 Å². The average Bonchev–Trinajstić information content (AvgIpc) is 2.78. The Morgan fingerprint density at radius 1 is 1.38 bits per heavy atom. The van der Waals surface area contributed by atoms with E-state index in [-0.39, 0.29) is 0 Å². The minimum Gasteiger partial charge on any atom is -0.371 e. The number of rotatable bonds is 4. The number of benzene rings is 1. The molecular formula is C13H20N2O. The third kappa shape index (κ3) is 2.54. The molecule has 2 N–H and O–H groups in total. The van der Waals surface area contributed by atoms with Gasteiger partial charge in [0.05, 0.1) is 6.61 Å². The summed E-state index contributed by atoms with van der Waals surface area (Å²) < 4.78 is 0. The quantitative estimate of drug-likeness (QED) is 0.788. The van der Waals surface area contributed by atoms with Crippen LogP contribution in [0.5, 0.6) is 0 Å². The van der Waals surface area contributed by atoms with E-state index >= 15 is 0 Å². The molecular weight excluding hydrogens is 200 g/mol. The maximum atomic E-state index is 5.11. The lowest BCUT2D eigenvalue weighted by Gasteiger charge is -2.18. The Hall–Kier alpha value is -1.06. The SMILES string of the molecule is CCc1ccc(N2CCC(CON)C2)cc1. The summed E-state index contributed by atoms with van der Waals surface area (Å²) in [6, 6.07) is 8.85. The molecule has 1 aliphatic rings. The van der Waals surface area contributed by atoms with Crippen molar-refractivity contribution in [2.45, 2.75) is 19.8 Å². The zero-order chi connectivity index (χ0) is 11.4. The Balaban J connectivity index is 1.97. The van der Waals surface area contributed by atoms with Gasteiger partial charge < -0.3 is 9.74 Å². The van der Waals surface area contributed by atoms with Crippen molar-refractivity contribution in [3.05, 3.63) is 29.8 Å². The Bertz CT molecular complexity index is 323. The molecule has 0 amide bonds. The number of nitrogens with two attached hydrogens (primary N) is 1. The van der Waals surface area contributed by atoms with E-state index in [1.54, 1.807) is 0 Å². The van der Waals surface area contributed by atoms with Crippen LogP contribution in [0.2, 0.25) is 0 Å². The molecule has 1 aromatic rings. The Morgan fingerprint density at radius 3 is 2.75 bits per heavy atom. The van der Waals surface area contributed by atoms with Gasteiger partial charge in [-0.25, -0.2) is 5.90 Å². The molecule has 0 aliphatic carbocycles. The lowest BCUT2D eigenvalue weighted by molar-refractivity contribution is 0.108. The number of anilines is 1. The van der Waals surface area contributed by atoms with Gasteiger partial charge in [0, 0.05) is 24.7 Å². The van der Waals surface area contributed by atoms with E-state index in [4.69, 9.17) is 10.7 Å². The van der Waals surface area contributed by atoms with E-state index in [0.717, 1.165) is 19.5 Å². The second kappa shape index (κ2) is 5.32. The van der Waals surface area contributed by atoms with Crippen molar-refractivity contribution < 1.29 is 4.84 Å². The van der Waals surface area contributed by atoms with Crippen molar-refractivity contribution in [2.75, 3.05) is 24.6 Å². The molecule has 0 bridgehead atoms. The van der Waals surface area contributed by atoms with Gasteiger partial charge in [0.25, 0.3) is 0 Å². The standard InChI is InChI=1S/C13H20N2O/c1-2-11-3-5-13(6-4-11)15-8-7-12(9-15)10-16-14/h3-6,12H,2,7-10,14H2,1H3. The lowest BCUT2D eigenvalue weighted by Crippen LogP contribution is -2.21. The smallest absolute Gasteiger partial charge is 0.0724 e. The monoisotopic (exact) mass is 220 g/mol. The van der Waals surface area contributed by atoms with Crippen LogP contribution >= 0.6 is 0 Å². The lowest BCUT2D eigenvalue weighted by atomic mass is 10.1. The zero-order valence-electron chi connectivity index (χ0n) is 9.86. The molecule has 0 saturated carbocycles. The number of hydrogen-bond acceptors (Lipinski definition) is 3. The fourth-order valence-electron chi connectivity index (χ4n) is 2.28. The van der Waals surface area contributed by atoms with Gasteiger partial charge in [-0.1, -0.05) is 19.1 Å². The number of hydrogen-bond donors (Lipinski definition) is 1. The Kier molecular flexibility index (Phi) is 3.80. The zero-order valence-corrected chi connectivity index (χ0v) is 9.86. The molecule has 1 unspecified atom stereocenters. The van der Waals surface area contributed by atoms with Crippen LogP contribution < -0.4 is 10.8 Å². The molecule has 0 radical (unpaired) electrons. The molecule has 1 aliphatic heterocycles. The number of nitrogens with zero attached hydrogens (tertiary/aromatic N) is 1. The molecule has 88 valence electrons. The third-order valence-electron chi connectivity index (χ3n) is 3.33. The fourth-order valence-corrected chi connectivity index (χ4v) is 2.28. The van der Waals surface area contributed by atoms with Crippen molar-refractivity contribution in [3.8, 4) is 0 Å². The summed E-state index contributed by atoms with van der Waals surface area (Å²) in [6.07, 6.45) is 2.27. The normalized spacial score (nSPS) is 20.4. The predicted molar refractivity (Wildman–Crippen MR) is 66.3 cm³/mol. The Labute approximate surface area is 97.1 Å². The van der Waals surface area contributed by atoms with Crippen LogP contribution in [0.4, 0.5) is 5.69 Å². The van der Waals surface area contributed by atoms with Crippen LogP contribution in [0.1, 0.15) is 18.9 Å². The van der Waals surface area contributed by atoms with Gasteiger partial charge in [-0.05, 0) is 30.5 Å². The van der Waals surface area contributed by atoms with E-state index in [2.05, 4.69) is 36.1 Å². The second-order valence-corrected chi connectivity index (χ2v) is 4.45. The summed E-state index contributed by atoms with van der Waals surface area (Å²) in [4.78, 5) is 7.13. The first-order valence-electron chi connectivity index (χ1n) is 5.99. The molecule has 16 heavy (non-hydrogen) atoms. The van der Waals surface area contributed by atoms with Gasteiger partial charge in [-0.15, -0.1) is 0 Å². The van der Waals surface area contributed by atoms with Gasteiger partial charge in [0.2, 0.25) is 0 Å². The molecule has 1 aromatic carbocycles. The van der Waals surface area contributed by atoms with Gasteiger partial charge in [-0.3, -0.25) is 0 Å². The molecule has 1 fully saturated rings. The van der Waals surface area contributed by atoms with Gasteiger partial charge >= 0.3 is 0 Å². The molecule has 1 saturated heterocycles. The van der Waals surface area contributed by atoms with Gasteiger partial charge in [0.15, 0.2) is 0 Å². The molecule has 3 nitrogen and oxygen atoms in total. The molecule has 1 heterocycles. The van der Waals surface area contributed by atoms with E-state index in [9.17, 15) is 0 Å². The largest absolute Gasteiger partial charge is 0.371 e. The molecule has 0 spiro atoms. The van der Waals surface area contributed by atoms with E-state index in [1.165, 1.54) is 17.7 Å². The van der Waals surface area contributed by atoms with Crippen LogP contribution in [0, 0.1) is 5.92 Å². The Morgan fingerprint density at radius 2 is 2.12 bits per heavy atom. The van der Waals surface area contributed by atoms with E-state index in [1.807, 2.05) is 0 Å².